The first-order chi connectivity index (χ1) is 19.4. The maximum atomic E-state index is 12.1. The highest BCUT2D eigenvalue weighted by atomic mass is 16.5. The monoisotopic (exact) mass is 547 g/mol. The van der Waals surface area contributed by atoms with E-state index < -0.39 is 0 Å². The summed E-state index contributed by atoms with van der Waals surface area (Å²) in [7, 11) is 0. The first-order valence-electron chi connectivity index (χ1n) is 15.2. The van der Waals surface area contributed by atoms with E-state index in [4.69, 9.17) is 9.47 Å². The molecule has 0 spiro atoms. The number of benzene rings is 2. The van der Waals surface area contributed by atoms with E-state index in [2.05, 4.69) is 42.7 Å². The topological polar surface area (TPSA) is 55.8 Å². The molecule has 2 heterocycles. The van der Waals surface area contributed by atoms with Gasteiger partial charge < -0.3 is 14.4 Å². The summed E-state index contributed by atoms with van der Waals surface area (Å²) in [4.78, 5) is 25.9. The van der Waals surface area contributed by atoms with E-state index in [0.29, 0.717) is 18.9 Å². The van der Waals surface area contributed by atoms with Crippen molar-refractivity contribution in [2.45, 2.75) is 79.1 Å². The molecule has 3 aliphatic rings. The Bertz CT molecular complexity index is 1100. The highest BCUT2D eigenvalue weighted by Gasteiger charge is 2.55. The molecule has 5 rings (SSSR count). The molecule has 0 amide bonds. The van der Waals surface area contributed by atoms with Crippen LogP contribution in [0.15, 0.2) is 60.7 Å². The molecule has 40 heavy (non-hydrogen) atoms. The van der Waals surface area contributed by atoms with Crippen LogP contribution in [0, 0.1) is 18.3 Å². The van der Waals surface area contributed by atoms with E-state index in [1.54, 1.807) is 6.92 Å². The molecule has 218 valence electrons. The second-order valence-corrected chi connectivity index (χ2v) is 11.3. The molecule has 2 aliphatic heterocycles. The Kier molecular flexibility index (Phi) is 12.5. The van der Waals surface area contributed by atoms with Crippen LogP contribution in [0.1, 0.15) is 76.0 Å². The van der Waals surface area contributed by atoms with E-state index in [0.717, 1.165) is 50.1 Å². The van der Waals surface area contributed by atoms with Gasteiger partial charge in [-0.05, 0) is 77.1 Å². The molecule has 5 nitrogen and oxygen atoms in total. The number of piperidine rings is 1. The van der Waals surface area contributed by atoms with Crippen molar-refractivity contribution in [1.29, 1.82) is 0 Å². The maximum absolute atomic E-state index is 12.1. The fourth-order valence-electron chi connectivity index (χ4n) is 6.05. The van der Waals surface area contributed by atoms with Crippen LogP contribution in [0.4, 0.5) is 0 Å². The average molecular weight is 548 g/mol. The highest BCUT2D eigenvalue weighted by molar-refractivity contribution is 5.81. The Morgan fingerprint density at radius 2 is 1.77 bits per heavy atom. The molecule has 2 atom stereocenters. The van der Waals surface area contributed by atoms with E-state index >= 15 is 0 Å². The molecular formula is C35H49NO4. The van der Waals surface area contributed by atoms with Crippen LogP contribution in [0.3, 0.4) is 0 Å². The zero-order chi connectivity index (χ0) is 29.0. The van der Waals surface area contributed by atoms with Gasteiger partial charge in [0.25, 0.3) is 0 Å². The number of rotatable bonds is 9. The normalized spacial score (nSPS) is 21.9. The minimum absolute atomic E-state index is 0.0216. The Morgan fingerprint density at radius 3 is 2.48 bits per heavy atom. The van der Waals surface area contributed by atoms with Crippen LogP contribution >= 0.6 is 0 Å². The predicted molar refractivity (Wildman–Crippen MR) is 163 cm³/mol. The molecular weight excluding hydrogens is 498 g/mol. The van der Waals surface area contributed by atoms with Gasteiger partial charge in [-0.2, -0.15) is 0 Å². The standard InChI is InChI=1S/C17H25NO2.C16H18O2.C2H6/c1-15(19)14-16-8-3-4-9-17(16)20-13-7-12-18-10-5-2-6-11-18;1-11-3-5-13(6-4-11)9-16-8-12(2)7-14(16)10-18-15(16)17;1-2/h3-4,8-9H,2,5-7,10-14H2,1H3;3-6,14H,2,7-10H2,1H3;1-2H3. The molecule has 2 aromatic carbocycles. The van der Waals surface area contributed by atoms with Crippen molar-refractivity contribution >= 4 is 11.8 Å². The zero-order valence-electron chi connectivity index (χ0n) is 25.2. The number of aryl methyl sites for hydroxylation is 1. The number of hydrogen-bond acceptors (Lipinski definition) is 5. The van der Waals surface area contributed by atoms with Crippen molar-refractivity contribution in [3.05, 3.63) is 77.4 Å². The smallest absolute Gasteiger partial charge is 0.313 e. The third kappa shape index (κ3) is 8.79. The molecule has 0 aromatic heterocycles. The number of likely N-dealkylation sites (tertiary alicyclic amines) is 1. The second-order valence-electron chi connectivity index (χ2n) is 11.3. The summed E-state index contributed by atoms with van der Waals surface area (Å²) in [5.41, 5.74) is 4.34. The summed E-state index contributed by atoms with van der Waals surface area (Å²) in [6.07, 6.45) is 8.09. The van der Waals surface area contributed by atoms with Crippen molar-refractivity contribution in [2.75, 3.05) is 32.8 Å². The van der Waals surface area contributed by atoms with Gasteiger partial charge in [-0.25, -0.2) is 0 Å². The molecule has 0 bridgehead atoms. The van der Waals surface area contributed by atoms with E-state index in [9.17, 15) is 9.59 Å². The van der Waals surface area contributed by atoms with Crippen LogP contribution in [0.5, 0.6) is 5.75 Å². The van der Waals surface area contributed by atoms with Gasteiger partial charge in [-0.3, -0.25) is 9.59 Å². The third-order valence-electron chi connectivity index (χ3n) is 8.08. The van der Waals surface area contributed by atoms with Gasteiger partial charge in [0.05, 0.1) is 18.6 Å². The Labute approximate surface area is 241 Å². The summed E-state index contributed by atoms with van der Waals surface area (Å²) in [5.74, 6) is 1.35. The van der Waals surface area contributed by atoms with Gasteiger partial charge in [-0.1, -0.05) is 80.4 Å². The minimum atomic E-state index is -0.327. The number of para-hydroxylation sites is 1. The number of allylic oxidation sites excluding steroid dienone is 1. The van der Waals surface area contributed by atoms with Crippen molar-refractivity contribution in [3.63, 3.8) is 0 Å². The van der Waals surface area contributed by atoms with Crippen molar-refractivity contribution in [2.24, 2.45) is 11.3 Å². The van der Waals surface area contributed by atoms with Gasteiger partial charge in [0, 0.05) is 24.4 Å². The number of ketones is 1. The lowest BCUT2D eigenvalue weighted by Gasteiger charge is -2.26. The number of cyclic esters (lactones) is 1. The van der Waals surface area contributed by atoms with Gasteiger partial charge >= 0.3 is 5.97 Å². The average Bonchev–Trinajstić information content (AvgIpc) is 3.43. The highest BCUT2D eigenvalue weighted by Crippen LogP contribution is 2.52. The van der Waals surface area contributed by atoms with Crippen LogP contribution in [0.25, 0.3) is 0 Å². The molecule has 5 heteroatoms. The molecule has 2 unspecified atom stereocenters. The van der Waals surface area contributed by atoms with Gasteiger partial charge in [0.15, 0.2) is 0 Å². The number of ether oxygens (including phenoxy) is 2. The lowest BCUT2D eigenvalue weighted by molar-refractivity contribution is -0.146. The molecule has 1 aliphatic carbocycles. The van der Waals surface area contributed by atoms with E-state index in [1.807, 2.05) is 38.1 Å². The first kappa shape index (κ1) is 31.6. The largest absolute Gasteiger partial charge is 0.493 e. The van der Waals surface area contributed by atoms with Crippen LogP contribution in [-0.2, 0) is 27.2 Å². The quantitative estimate of drug-likeness (QED) is 0.190. The number of Topliss-reactive ketones (excluding diaryl/α,β-unsaturated/α-hetero) is 1. The molecule has 3 fully saturated rings. The number of carbonyl (C=O) groups is 2. The number of esters is 1. The number of carbonyl (C=O) groups excluding carboxylic acids is 2. The second kappa shape index (κ2) is 15.8. The van der Waals surface area contributed by atoms with Gasteiger partial charge in [0.2, 0.25) is 0 Å². The molecule has 1 saturated carbocycles. The SMILES string of the molecule is C=C1CC2COC(=O)C2(Cc2ccc(C)cc2)C1.CC.CC(=O)Cc1ccccc1OCCCN1CCCCC1. The fourth-order valence-corrected chi connectivity index (χ4v) is 6.05. The van der Waals surface area contributed by atoms with Crippen molar-refractivity contribution in [1.82, 2.24) is 4.90 Å². The lowest BCUT2D eigenvalue weighted by Crippen LogP contribution is -2.31. The Hall–Kier alpha value is -2.92. The predicted octanol–water partition coefficient (Wildman–Crippen LogP) is 7.15. The summed E-state index contributed by atoms with van der Waals surface area (Å²) in [6, 6.07) is 16.3. The van der Waals surface area contributed by atoms with E-state index in [1.165, 1.54) is 49.1 Å². The zero-order valence-corrected chi connectivity index (χ0v) is 25.2. The summed E-state index contributed by atoms with van der Waals surface area (Å²) >= 11 is 0. The first-order valence-corrected chi connectivity index (χ1v) is 15.2. The number of nitrogens with zero attached hydrogens (tertiary/aromatic N) is 1. The van der Waals surface area contributed by atoms with Gasteiger partial charge in [-0.15, -0.1) is 0 Å². The fraction of sp³-hybridized carbons (Fsp3) is 0.543. The van der Waals surface area contributed by atoms with Crippen molar-refractivity contribution in [3.8, 4) is 5.75 Å². The third-order valence-corrected chi connectivity index (χ3v) is 8.08. The Morgan fingerprint density at radius 1 is 1.07 bits per heavy atom. The summed E-state index contributed by atoms with van der Waals surface area (Å²) < 4.78 is 11.1. The van der Waals surface area contributed by atoms with Crippen LogP contribution in [0.2, 0.25) is 0 Å². The lowest BCUT2D eigenvalue weighted by atomic mass is 9.75. The summed E-state index contributed by atoms with van der Waals surface area (Å²) in [6.45, 7) is 16.7. The molecule has 2 saturated heterocycles. The number of hydrogen-bond donors (Lipinski definition) is 0. The van der Waals surface area contributed by atoms with Crippen LogP contribution in [-0.4, -0.2) is 49.5 Å². The van der Waals surface area contributed by atoms with Crippen molar-refractivity contribution < 1.29 is 19.1 Å². The minimum Gasteiger partial charge on any atom is -0.493 e. The number of fused-ring (bicyclic) bond motifs is 1. The molecule has 2 aromatic rings. The molecule has 0 N–H and O–H groups in total. The van der Waals surface area contributed by atoms with Gasteiger partial charge in [0.1, 0.15) is 11.5 Å². The van der Waals surface area contributed by atoms with E-state index in [-0.39, 0.29) is 17.2 Å². The maximum Gasteiger partial charge on any atom is 0.313 e. The molecule has 0 radical (unpaired) electrons. The van der Waals surface area contributed by atoms with Crippen LogP contribution < -0.4 is 4.74 Å². The summed E-state index contributed by atoms with van der Waals surface area (Å²) in [5, 5.41) is 0. The Balaban J connectivity index is 0.000000208.